The SMILES string of the molecule is CC(C)(C)[Si](C)(C)OCC1CN(c2ccccc2)C(=O)O1. The van der Waals surface area contributed by atoms with Crippen molar-refractivity contribution >= 4 is 20.1 Å². The zero-order valence-electron chi connectivity index (χ0n) is 13.6. The Kier molecular flexibility index (Phi) is 4.44. The van der Waals surface area contributed by atoms with Crippen LogP contribution in [0.25, 0.3) is 0 Å². The zero-order chi connectivity index (χ0) is 15.7. The van der Waals surface area contributed by atoms with Gasteiger partial charge < -0.3 is 9.16 Å². The molecular weight excluding hydrogens is 282 g/mol. The quantitative estimate of drug-likeness (QED) is 0.788. The van der Waals surface area contributed by atoms with Crippen LogP contribution in [0.3, 0.4) is 0 Å². The summed E-state index contributed by atoms with van der Waals surface area (Å²) in [6, 6.07) is 9.60. The summed E-state index contributed by atoms with van der Waals surface area (Å²) in [4.78, 5) is 13.6. The number of ether oxygens (including phenoxy) is 1. The van der Waals surface area contributed by atoms with Crippen molar-refractivity contribution in [3.63, 3.8) is 0 Å². The van der Waals surface area contributed by atoms with E-state index in [-0.39, 0.29) is 17.2 Å². The fraction of sp³-hybridized carbons (Fsp3) is 0.562. The van der Waals surface area contributed by atoms with Gasteiger partial charge in [-0.05, 0) is 30.3 Å². The highest BCUT2D eigenvalue weighted by atomic mass is 28.4. The predicted molar refractivity (Wildman–Crippen MR) is 87.2 cm³/mol. The molecule has 0 radical (unpaired) electrons. The third-order valence-corrected chi connectivity index (χ3v) is 8.88. The number of rotatable bonds is 4. The summed E-state index contributed by atoms with van der Waals surface area (Å²) in [6.07, 6.45) is -0.475. The molecule has 0 bridgehead atoms. The first-order valence-corrected chi connectivity index (χ1v) is 10.3. The highest BCUT2D eigenvalue weighted by Crippen LogP contribution is 2.36. The maximum Gasteiger partial charge on any atom is 0.414 e. The third-order valence-electron chi connectivity index (χ3n) is 4.38. The molecule has 4 nitrogen and oxygen atoms in total. The standard InChI is InChI=1S/C16H25NO3Si/c1-16(2,3)21(4,5)19-12-14-11-17(15(18)20-14)13-9-7-6-8-10-13/h6-10,14H,11-12H2,1-5H3. The van der Waals surface area contributed by atoms with Crippen molar-refractivity contribution in [1.29, 1.82) is 0 Å². The summed E-state index contributed by atoms with van der Waals surface area (Å²) >= 11 is 0. The van der Waals surface area contributed by atoms with E-state index in [9.17, 15) is 4.79 Å². The molecule has 1 aliphatic rings. The third kappa shape index (κ3) is 3.65. The lowest BCUT2D eigenvalue weighted by molar-refractivity contribution is 0.0997. The van der Waals surface area contributed by atoms with Crippen molar-refractivity contribution in [2.24, 2.45) is 0 Å². The van der Waals surface area contributed by atoms with Crippen LogP contribution in [-0.4, -0.2) is 33.7 Å². The molecule has 0 saturated carbocycles. The Labute approximate surface area is 128 Å². The normalized spacial score (nSPS) is 19.8. The van der Waals surface area contributed by atoms with Crippen LogP contribution in [0.1, 0.15) is 20.8 Å². The minimum atomic E-state index is -1.81. The van der Waals surface area contributed by atoms with E-state index in [4.69, 9.17) is 9.16 Å². The van der Waals surface area contributed by atoms with Crippen LogP contribution in [0, 0.1) is 0 Å². The molecule has 0 aromatic heterocycles. The molecule has 116 valence electrons. The van der Waals surface area contributed by atoms with E-state index in [1.165, 1.54) is 0 Å². The number of carbonyl (C=O) groups excluding carboxylic acids is 1. The minimum absolute atomic E-state index is 0.161. The molecule has 1 amide bonds. The number of nitrogens with zero attached hydrogens (tertiary/aromatic N) is 1. The number of hydrogen-bond donors (Lipinski definition) is 0. The van der Waals surface area contributed by atoms with Crippen molar-refractivity contribution in [2.45, 2.75) is 45.0 Å². The Bertz CT molecular complexity index is 496. The molecule has 2 rings (SSSR count). The topological polar surface area (TPSA) is 38.8 Å². The second kappa shape index (κ2) is 5.81. The second-order valence-corrected chi connectivity index (χ2v) is 11.8. The Balaban J connectivity index is 1.95. The van der Waals surface area contributed by atoms with Gasteiger partial charge >= 0.3 is 6.09 Å². The monoisotopic (exact) mass is 307 g/mol. The van der Waals surface area contributed by atoms with Crippen LogP contribution in [0.4, 0.5) is 10.5 Å². The molecule has 0 spiro atoms. The largest absolute Gasteiger partial charge is 0.442 e. The average Bonchev–Trinajstić information content (AvgIpc) is 2.78. The highest BCUT2D eigenvalue weighted by molar-refractivity contribution is 6.74. The molecule has 0 aliphatic carbocycles. The fourth-order valence-corrected chi connectivity index (χ4v) is 2.98. The molecule has 1 saturated heterocycles. The Morgan fingerprint density at radius 1 is 1.29 bits per heavy atom. The minimum Gasteiger partial charge on any atom is -0.442 e. The van der Waals surface area contributed by atoms with Gasteiger partial charge in [-0.3, -0.25) is 4.90 Å². The van der Waals surface area contributed by atoms with Gasteiger partial charge in [0.1, 0.15) is 6.10 Å². The number of hydrogen-bond acceptors (Lipinski definition) is 3. The van der Waals surface area contributed by atoms with E-state index in [0.29, 0.717) is 13.2 Å². The van der Waals surface area contributed by atoms with Gasteiger partial charge in [-0.15, -0.1) is 0 Å². The van der Waals surface area contributed by atoms with Gasteiger partial charge in [0.15, 0.2) is 8.32 Å². The van der Waals surface area contributed by atoms with E-state index in [1.54, 1.807) is 4.90 Å². The first-order valence-electron chi connectivity index (χ1n) is 7.38. The number of amides is 1. The number of cyclic esters (lactones) is 1. The maximum absolute atomic E-state index is 12.0. The summed E-state index contributed by atoms with van der Waals surface area (Å²) in [5, 5.41) is 0.161. The van der Waals surface area contributed by atoms with Gasteiger partial charge in [-0.25, -0.2) is 4.79 Å². The first kappa shape index (κ1) is 16.0. The van der Waals surface area contributed by atoms with E-state index in [2.05, 4.69) is 33.9 Å². The molecule has 1 unspecified atom stereocenters. The van der Waals surface area contributed by atoms with Crippen LogP contribution in [0.15, 0.2) is 30.3 Å². The lowest BCUT2D eigenvalue weighted by Crippen LogP contribution is -2.43. The summed E-state index contributed by atoms with van der Waals surface area (Å²) in [7, 11) is -1.81. The van der Waals surface area contributed by atoms with Crippen molar-refractivity contribution in [3.05, 3.63) is 30.3 Å². The lowest BCUT2D eigenvalue weighted by atomic mass is 10.2. The lowest BCUT2D eigenvalue weighted by Gasteiger charge is -2.36. The molecule has 1 atom stereocenters. The van der Waals surface area contributed by atoms with Gasteiger partial charge in [-0.1, -0.05) is 39.0 Å². The van der Waals surface area contributed by atoms with Gasteiger partial charge in [0.05, 0.1) is 13.2 Å². The summed E-state index contributed by atoms with van der Waals surface area (Å²) in [5.41, 5.74) is 0.873. The second-order valence-electron chi connectivity index (χ2n) is 7.02. The smallest absolute Gasteiger partial charge is 0.414 e. The maximum atomic E-state index is 12.0. The Morgan fingerprint density at radius 3 is 2.48 bits per heavy atom. The van der Waals surface area contributed by atoms with Crippen molar-refractivity contribution in [2.75, 3.05) is 18.1 Å². The van der Waals surface area contributed by atoms with E-state index >= 15 is 0 Å². The first-order chi connectivity index (χ1) is 9.71. The van der Waals surface area contributed by atoms with E-state index in [0.717, 1.165) is 5.69 Å². The fourth-order valence-electron chi connectivity index (χ4n) is 1.94. The van der Waals surface area contributed by atoms with Gasteiger partial charge in [0.2, 0.25) is 0 Å². The predicted octanol–water partition coefficient (Wildman–Crippen LogP) is 4.03. The number of carbonyl (C=O) groups is 1. The zero-order valence-corrected chi connectivity index (χ0v) is 14.6. The molecule has 1 aromatic carbocycles. The highest BCUT2D eigenvalue weighted by Gasteiger charge is 2.39. The van der Waals surface area contributed by atoms with Gasteiger partial charge in [0.25, 0.3) is 0 Å². The molecule has 5 heteroatoms. The number of anilines is 1. The summed E-state index contributed by atoms with van der Waals surface area (Å²) < 4.78 is 11.6. The Hall–Kier alpha value is -1.33. The van der Waals surface area contributed by atoms with Crippen molar-refractivity contribution in [1.82, 2.24) is 0 Å². The molecule has 1 fully saturated rings. The summed E-state index contributed by atoms with van der Waals surface area (Å²) in [6.45, 7) is 12.1. The van der Waals surface area contributed by atoms with Gasteiger partial charge in [0, 0.05) is 5.69 Å². The molecule has 1 aromatic rings. The number of benzene rings is 1. The van der Waals surface area contributed by atoms with Crippen LogP contribution in [-0.2, 0) is 9.16 Å². The van der Waals surface area contributed by atoms with Crippen LogP contribution in [0.2, 0.25) is 18.1 Å². The Morgan fingerprint density at radius 2 is 1.90 bits per heavy atom. The molecule has 0 N–H and O–H groups in total. The van der Waals surface area contributed by atoms with Crippen LogP contribution >= 0.6 is 0 Å². The van der Waals surface area contributed by atoms with Crippen molar-refractivity contribution in [3.8, 4) is 0 Å². The van der Waals surface area contributed by atoms with Gasteiger partial charge in [-0.2, -0.15) is 0 Å². The molecular formula is C16H25NO3Si. The number of para-hydroxylation sites is 1. The van der Waals surface area contributed by atoms with E-state index < -0.39 is 8.32 Å². The molecule has 1 aliphatic heterocycles. The van der Waals surface area contributed by atoms with Crippen molar-refractivity contribution < 1.29 is 14.0 Å². The average molecular weight is 307 g/mol. The summed E-state index contributed by atoms with van der Waals surface area (Å²) in [5.74, 6) is 0. The molecule has 21 heavy (non-hydrogen) atoms. The molecule has 1 heterocycles. The van der Waals surface area contributed by atoms with Crippen LogP contribution < -0.4 is 4.90 Å². The van der Waals surface area contributed by atoms with Crippen LogP contribution in [0.5, 0.6) is 0 Å². The van der Waals surface area contributed by atoms with E-state index in [1.807, 2.05) is 30.3 Å².